The minimum absolute atomic E-state index is 0.0773. The number of rotatable bonds is 16. The Bertz CT molecular complexity index is 440. The van der Waals surface area contributed by atoms with Crippen molar-refractivity contribution in [2.45, 2.75) is 129 Å². The van der Waals surface area contributed by atoms with Gasteiger partial charge in [-0.3, -0.25) is 9.59 Å². The molecule has 0 aromatic heterocycles. The molecule has 0 aliphatic rings. The van der Waals surface area contributed by atoms with Crippen molar-refractivity contribution in [2.75, 3.05) is 7.11 Å². The maximum atomic E-state index is 12.3. The van der Waals surface area contributed by atoms with Crippen molar-refractivity contribution >= 4 is 20.1 Å². The van der Waals surface area contributed by atoms with Gasteiger partial charge >= 0.3 is 5.97 Å². The summed E-state index contributed by atoms with van der Waals surface area (Å²) >= 11 is 0. The zero-order chi connectivity index (χ0) is 21.6. The smallest absolute Gasteiger partial charge is 0.313 e. The van der Waals surface area contributed by atoms with E-state index in [9.17, 15) is 9.59 Å². The molecular formula is C23H46O4Si. The number of hydrogen-bond acceptors (Lipinski definition) is 4. The molecule has 0 N–H and O–H groups in total. The molecule has 0 aromatic rings. The number of esters is 1. The van der Waals surface area contributed by atoms with Gasteiger partial charge in [-0.25, -0.2) is 0 Å². The lowest BCUT2D eigenvalue weighted by Crippen LogP contribution is -2.44. The quantitative estimate of drug-likeness (QED) is 0.120. The zero-order valence-electron chi connectivity index (χ0n) is 19.7. The van der Waals surface area contributed by atoms with Gasteiger partial charge in [0.2, 0.25) is 0 Å². The lowest BCUT2D eigenvalue weighted by Gasteiger charge is -2.39. The van der Waals surface area contributed by atoms with Gasteiger partial charge in [0.1, 0.15) is 12.2 Å². The molecule has 28 heavy (non-hydrogen) atoms. The highest BCUT2D eigenvalue weighted by molar-refractivity contribution is 6.74. The summed E-state index contributed by atoms with van der Waals surface area (Å²) in [7, 11) is -0.625. The van der Waals surface area contributed by atoms with Gasteiger partial charge in [-0.1, -0.05) is 85.5 Å². The van der Waals surface area contributed by atoms with E-state index >= 15 is 0 Å². The first-order valence-corrected chi connectivity index (χ1v) is 14.2. The maximum absolute atomic E-state index is 12.3. The predicted octanol–water partition coefficient (Wildman–Crippen LogP) is 6.82. The number of hydrogen-bond donors (Lipinski definition) is 0. The second-order valence-electron chi connectivity index (χ2n) is 9.61. The van der Waals surface area contributed by atoms with E-state index in [1.165, 1.54) is 58.5 Å². The monoisotopic (exact) mass is 414 g/mol. The highest BCUT2D eigenvalue weighted by Gasteiger charge is 2.39. The van der Waals surface area contributed by atoms with Crippen molar-refractivity contribution in [2.24, 2.45) is 0 Å². The van der Waals surface area contributed by atoms with Crippen LogP contribution >= 0.6 is 0 Å². The zero-order valence-corrected chi connectivity index (χ0v) is 20.7. The van der Waals surface area contributed by atoms with Crippen LogP contribution in [0.4, 0.5) is 0 Å². The molecule has 0 aliphatic carbocycles. The number of ether oxygens (including phenoxy) is 1. The van der Waals surface area contributed by atoms with Gasteiger partial charge < -0.3 is 9.16 Å². The Morgan fingerprint density at radius 1 is 0.893 bits per heavy atom. The molecule has 0 spiro atoms. The highest BCUT2D eigenvalue weighted by atomic mass is 28.4. The summed E-state index contributed by atoms with van der Waals surface area (Å²) in [6, 6.07) is 0. The van der Waals surface area contributed by atoms with Gasteiger partial charge in [0.15, 0.2) is 8.32 Å². The first kappa shape index (κ1) is 27.3. The van der Waals surface area contributed by atoms with Crippen LogP contribution in [0.3, 0.4) is 0 Å². The van der Waals surface area contributed by atoms with Crippen LogP contribution in [0, 0.1) is 0 Å². The molecule has 0 radical (unpaired) electrons. The van der Waals surface area contributed by atoms with E-state index in [4.69, 9.17) is 4.43 Å². The second kappa shape index (κ2) is 14.3. The Hall–Kier alpha value is -0.683. The van der Waals surface area contributed by atoms with Gasteiger partial charge in [-0.2, -0.15) is 0 Å². The molecule has 0 aliphatic heterocycles. The Labute approximate surface area is 175 Å². The third kappa shape index (κ3) is 12.7. The molecule has 0 saturated carbocycles. The molecular weight excluding hydrogens is 368 g/mol. The van der Waals surface area contributed by atoms with Gasteiger partial charge in [-0.05, 0) is 24.6 Å². The number of methoxy groups -OCH3 is 1. The summed E-state index contributed by atoms with van der Waals surface area (Å²) in [5.74, 6) is -0.536. The summed E-state index contributed by atoms with van der Waals surface area (Å²) in [5, 5.41) is 0.106. The minimum Gasteiger partial charge on any atom is -0.469 e. The van der Waals surface area contributed by atoms with Crippen LogP contribution in [0.15, 0.2) is 0 Å². The molecule has 0 saturated heterocycles. The van der Waals surface area contributed by atoms with E-state index in [0.717, 1.165) is 12.8 Å². The van der Waals surface area contributed by atoms with Crippen molar-refractivity contribution < 1.29 is 18.8 Å². The number of ketones is 1. The third-order valence-corrected chi connectivity index (χ3v) is 10.5. The van der Waals surface area contributed by atoms with Crippen molar-refractivity contribution in [1.82, 2.24) is 0 Å². The summed E-state index contributed by atoms with van der Waals surface area (Å²) in [4.78, 5) is 23.7. The fourth-order valence-electron chi connectivity index (χ4n) is 3.04. The van der Waals surface area contributed by atoms with Crippen molar-refractivity contribution in [3.8, 4) is 0 Å². The molecule has 0 aromatic carbocycles. The molecule has 0 rings (SSSR count). The average molecular weight is 415 g/mol. The van der Waals surface area contributed by atoms with E-state index < -0.39 is 14.3 Å². The van der Waals surface area contributed by atoms with Crippen LogP contribution in [-0.2, 0) is 18.8 Å². The van der Waals surface area contributed by atoms with Crippen molar-refractivity contribution in [3.63, 3.8) is 0 Å². The topological polar surface area (TPSA) is 52.6 Å². The fraction of sp³-hybridized carbons (Fsp3) is 0.913. The lowest BCUT2D eigenvalue weighted by molar-refractivity contribution is -0.143. The van der Waals surface area contributed by atoms with E-state index in [1.807, 2.05) is 0 Å². The molecule has 166 valence electrons. The van der Waals surface area contributed by atoms with E-state index in [0.29, 0.717) is 6.42 Å². The second-order valence-corrected chi connectivity index (χ2v) is 14.4. The Morgan fingerprint density at radius 2 is 1.39 bits per heavy atom. The van der Waals surface area contributed by atoms with Crippen LogP contribution in [0.1, 0.15) is 105 Å². The average Bonchev–Trinajstić information content (AvgIpc) is 2.58. The highest BCUT2D eigenvalue weighted by Crippen LogP contribution is 2.38. The summed E-state index contributed by atoms with van der Waals surface area (Å²) in [6.45, 7) is 13.3. The van der Waals surface area contributed by atoms with Crippen LogP contribution in [0.5, 0.6) is 0 Å². The van der Waals surface area contributed by atoms with E-state index in [-0.39, 0.29) is 23.3 Å². The van der Waals surface area contributed by atoms with E-state index in [1.54, 1.807) is 0 Å². The Morgan fingerprint density at radius 3 is 1.86 bits per heavy atom. The van der Waals surface area contributed by atoms with Crippen molar-refractivity contribution in [3.05, 3.63) is 0 Å². The van der Waals surface area contributed by atoms with Crippen LogP contribution in [0.2, 0.25) is 18.1 Å². The van der Waals surface area contributed by atoms with Gasteiger partial charge in [-0.15, -0.1) is 0 Å². The normalized spacial score (nSPS) is 13.4. The minimum atomic E-state index is -1.95. The Balaban J connectivity index is 4.45. The maximum Gasteiger partial charge on any atom is 0.313 e. The van der Waals surface area contributed by atoms with Crippen LogP contribution in [0.25, 0.3) is 0 Å². The Kier molecular flexibility index (Phi) is 14.0. The largest absolute Gasteiger partial charge is 0.469 e. The van der Waals surface area contributed by atoms with Gasteiger partial charge in [0.05, 0.1) is 13.2 Å². The van der Waals surface area contributed by atoms with Gasteiger partial charge in [0.25, 0.3) is 0 Å². The molecule has 5 heteroatoms. The molecule has 0 unspecified atom stereocenters. The van der Waals surface area contributed by atoms with Gasteiger partial charge in [0, 0.05) is 6.42 Å². The van der Waals surface area contributed by atoms with Crippen LogP contribution < -0.4 is 0 Å². The summed E-state index contributed by atoms with van der Waals surface area (Å²) in [5.41, 5.74) is 0. The fourth-order valence-corrected chi connectivity index (χ4v) is 4.43. The van der Waals surface area contributed by atoms with Crippen LogP contribution in [-0.4, -0.2) is 33.3 Å². The molecule has 0 bridgehead atoms. The molecule has 4 nitrogen and oxygen atoms in total. The first-order valence-electron chi connectivity index (χ1n) is 11.3. The number of unbranched alkanes of at least 4 members (excludes halogenated alkanes) is 8. The van der Waals surface area contributed by atoms with E-state index in [2.05, 4.69) is 45.5 Å². The number of carbonyl (C=O) groups excluding carboxylic acids is 2. The molecule has 1 atom stereocenters. The SMILES string of the molecule is CCCCCCCCCCC[C@@H](CC(=O)CC(=O)OC)O[Si](C)(C)C(C)(C)C. The molecule has 0 fully saturated rings. The van der Waals surface area contributed by atoms with Crippen molar-refractivity contribution in [1.29, 1.82) is 0 Å². The first-order chi connectivity index (χ1) is 13.0. The standard InChI is InChI=1S/C23H46O4Si/c1-8-9-10-11-12-13-14-15-16-17-21(18-20(24)19-22(25)26-5)27-28(6,7)23(2,3)4/h21H,8-19H2,1-7H3/t21-/m0/s1. The predicted molar refractivity (Wildman–Crippen MR) is 120 cm³/mol. The molecule has 0 heterocycles. The lowest BCUT2D eigenvalue weighted by atomic mass is 10.0. The summed E-state index contributed by atoms with van der Waals surface area (Å²) < 4.78 is 11.2. The summed E-state index contributed by atoms with van der Waals surface area (Å²) in [6.07, 6.45) is 12.5. The third-order valence-electron chi connectivity index (χ3n) is 5.92. The molecule has 0 amide bonds. The number of Topliss-reactive ketones (excluding diaryl/α,β-unsaturated/α-hetero) is 1. The number of carbonyl (C=O) groups is 2.